The molecule has 4 nitrogen and oxygen atoms in total. The second kappa shape index (κ2) is 4.24. The van der Waals surface area contributed by atoms with Gasteiger partial charge in [-0.15, -0.1) is 11.3 Å². The SMILES string of the molecule is Cn1ncnc1CC(=O)c1sccc1Br. The van der Waals surface area contributed by atoms with Gasteiger partial charge in [-0.3, -0.25) is 9.48 Å². The number of hydrogen-bond donors (Lipinski definition) is 0. The van der Waals surface area contributed by atoms with E-state index in [1.807, 2.05) is 11.4 Å². The van der Waals surface area contributed by atoms with Crippen molar-refractivity contribution in [1.82, 2.24) is 14.8 Å². The van der Waals surface area contributed by atoms with Gasteiger partial charge in [-0.05, 0) is 27.4 Å². The number of rotatable bonds is 3. The molecule has 0 amide bonds. The molecule has 0 saturated carbocycles. The van der Waals surface area contributed by atoms with E-state index in [4.69, 9.17) is 0 Å². The second-order valence-electron chi connectivity index (χ2n) is 3.00. The molecule has 2 aromatic heterocycles. The second-order valence-corrected chi connectivity index (χ2v) is 4.77. The van der Waals surface area contributed by atoms with Gasteiger partial charge in [0.15, 0.2) is 5.78 Å². The number of thiophene rings is 1. The van der Waals surface area contributed by atoms with Gasteiger partial charge in [0.05, 0.1) is 11.3 Å². The van der Waals surface area contributed by atoms with E-state index in [0.29, 0.717) is 5.82 Å². The minimum Gasteiger partial charge on any atom is -0.293 e. The minimum absolute atomic E-state index is 0.0629. The molecule has 0 saturated heterocycles. The summed E-state index contributed by atoms with van der Waals surface area (Å²) >= 11 is 4.77. The van der Waals surface area contributed by atoms with Crippen molar-refractivity contribution in [3.05, 3.63) is 32.9 Å². The van der Waals surface area contributed by atoms with Gasteiger partial charge in [0.1, 0.15) is 12.2 Å². The summed E-state index contributed by atoms with van der Waals surface area (Å²) in [7, 11) is 1.78. The van der Waals surface area contributed by atoms with E-state index in [9.17, 15) is 4.79 Å². The van der Waals surface area contributed by atoms with Crippen molar-refractivity contribution in [2.45, 2.75) is 6.42 Å². The van der Waals surface area contributed by atoms with Crippen LogP contribution in [0.3, 0.4) is 0 Å². The van der Waals surface area contributed by atoms with Crippen LogP contribution in [-0.2, 0) is 13.5 Å². The first-order valence-corrected chi connectivity index (χ1v) is 5.95. The fourth-order valence-corrected chi connectivity index (χ4v) is 2.73. The Balaban J connectivity index is 2.18. The van der Waals surface area contributed by atoms with E-state index < -0.39 is 0 Å². The van der Waals surface area contributed by atoms with Crippen molar-refractivity contribution in [2.24, 2.45) is 7.05 Å². The van der Waals surface area contributed by atoms with Gasteiger partial charge in [-0.2, -0.15) is 5.10 Å². The standard InChI is InChI=1S/C9H8BrN3OS/c1-13-8(11-5-12-13)4-7(14)9-6(10)2-3-15-9/h2-3,5H,4H2,1H3. The fourth-order valence-electron chi connectivity index (χ4n) is 1.20. The molecule has 78 valence electrons. The number of carbonyl (C=O) groups is 1. The largest absolute Gasteiger partial charge is 0.293 e. The molecular weight excluding hydrogens is 278 g/mol. The Morgan fingerprint density at radius 1 is 1.67 bits per heavy atom. The number of ketones is 1. The molecule has 0 N–H and O–H groups in total. The summed E-state index contributed by atoms with van der Waals surface area (Å²) in [5.74, 6) is 0.744. The summed E-state index contributed by atoms with van der Waals surface area (Å²) in [6, 6.07) is 1.87. The average Bonchev–Trinajstić information content (AvgIpc) is 2.76. The Hall–Kier alpha value is -1.01. The first-order chi connectivity index (χ1) is 7.18. The molecule has 0 aliphatic rings. The van der Waals surface area contributed by atoms with Crippen LogP contribution in [0.25, 0.3) is 0 Å². The first-order valence-electron chi connectivity index (χ1n) is 4.27. The van der Waals surface area contributed by atoms with E-state index in [-0.39, 0.29) is 12.2 Å². The lowest BCUT2D eigenvalue weighted by Crippen LogP contribution is -2.08. The van der Waals surface area contributed by atoms with Crippen molar-refractivity contribution in [1.29, 1.82) is 0 Å². The Morgan fingerprint density at radius 2 is 2.47 bits per heavy atom. The normalized spacial score (nSPS) is 10.5. The lowest BCUT2D eigenvalue weighted by Gasteiger charge is -1.98. The summed E-state index contributed by atoms with van der Waals surface area (Å²) in [5, 5.41) is 5.80. The van der Waals surface area contributed by atoms with Crippen molar-refractivity contribution >= 4 is 33.0 Å². The molecule has 15 heavy (non-hydrogen) atoms. The van der Waals surface area contributed by atoms with Crippen LogP contribution < -0.4 is 0 Å². The van der Waals surface area contributed by atoms with Gasteiger partial charge < -0.3 is 0 Å². The van der Waals surface area contributed by atoms with Crippen LogP contribution >= 0.6 is 27.3 Å². The zero-order valence-electron chi connectivity index (χ0n) is 7.98. The van der Waals surface area contributed by atoms with Crippen molar-refractivity contribution in [3.63, 3.8) is 0 Å². The van der Waals surface area contributed by atoms with Crippen LogP contribution in [0.1, 0.15) is 15.5 Å². The van der Waals surface area contributed by atoms with Crippen molar-refractivity contribution in [2.75, 3.05) is 0 Å². The number of hydrogen-bond acceptors (Lipinski definition) is 4. The lowest BCUT2D eigenvalue weighted by atomic mass is 10.2. The van der Waals surface area contributed by atoms with Crippen LogP contribution in [0.15, 0.2) is 22.2 Å². The van der Waals surface area contributed by atoms with Crippen molar-refractivity contribution in [3.8, 4) is 0 Å². The average molecular weight is 286 g/mol. The quantitative estimate of drug-likeness (QED) is 0.811. The molecule has 2 rings (SSSR count). The molecule has 0 radical (unpaired) electrons. The maximum absolute atomic E-state index is 11.8. The van der Waals surface area contributed by atoms with Crippen LogP contribution in [0.5, 0.6) is 0 Å². The topological polar surface area (TPSA) is 47.8 Å². The molecule has 0 bridgehead atoms. The molecule has 0 atom stereocenters. The van der Waals surface area contributed by atoms with E-state index in [0.717, 1.165) is 9.35 Å². The predicted molar refractivity (Wildman–Crippen MR) is 61.1 cm³/mol. The van der Waals surface area contributed by atoms with Gasteiger partial charge in [-0.1, -0.05) is 0 Å². The summed E-state index contributed by atoms with van der Waals surface area (Å²) in [6.07, 6.45) is 1.74. The highest BCUT2D eigenvalue weighted by Gasteiger charge is 2.14. The van der Waals surface area contributed by atoms with Gasteiger partial charge in [0.25, 0.3) is 0 Å². The third-order valence-electron chi connectivity index (χ3n) is 1.99. The number of Topliss-reactive ketones (excluding diaryl/α,β-unsaturated/α-hetero) is 1. The zero-order chi connectivity index (χ0) is 10.8. The molecule has 0 spiro atoms. The van der Waals surface area contributed by atoms with Gasteiger partial charge in [0.2, 0.25) is 0 Å². The molecular formula is C9H8BrN3OS. The van der Waals surface area contributed by atoms with Crippen LogP contribution in [0.4, 0.5) is 0 Å². The Bertz CT molecular complexity index is 491. The number of aromatic nitrogens is 3. The van der Waals surface area contributed by atoms with Gasteiger partial charge in [0, 0.05) is 11.5 Å². The van der Waals surface area contributed by atoms with Gasteiger partial charge in [-0.25, -0.2) is 4.98 Å². The van der Waals surface area contributed by atoms with Gasteiger partial charge >= 0.3 is 0 Å². The summed E-state index contributed by atoms with van der Waals surface area (Å²) in [4.78, 5) is 16.6. The van der Waals surface area contributed by atoms with Crippen LogP contribution in [-0.4, -0.2) is 20.5 Å². The monoisotopic (exact) mass is 285 g/mol. The van der Waals surface area contributed by atoms with E-state index >= 15 is 0 Å². The lowest BCUT2D eigenvalue weighted by molar-refractivity contribution is 0.0993. The number of halogens is 1. The minimum atomic E-state index is 0.0629. The molecule has 0 aromatic carbocycles. The molecule has 0 unspecified atom stereocenters. The Labute approximate surface area is 99.1 Å². The third kappa shape index (κ3) is 2.15. The fraction of sp³-hybridized carbons (Fsp3) is 0.222. The summed E-state index contributed by atoms with van der Waals surface area (Å²) in [5.41, 5.74) is 0. The zero-order valence-corrected chi connectivity index (χ0v) is 10.4. The van der Waals surface area contributed by atoms with Crippen LogP contribution in [0, 0.1) is 0 Å². The smallest absolute Gasteiger partial charge is 0.181 e. The Morgan fingerprint density at radius 3 is 3.00 bits per heavy atom. The highest BCUT2D eigenvalue weighted by molar-refractivity contribution is 9.10. The number of nitrogens with zero attached hydrogens (tertiary/aromatic N) is 3. The van der Waals surface area contributed by atoms with E-state index in [1.165, 1.54) is 17.7 Å². The highest BCUT2D eigenvalue weighted by Crippen LogP contribution is 2.23. The summed E-state index contributed by atoms with van der Waals surface area (Å²) in [6.45, 7) is 0. The summed E-state index contributed by atoms with van der Waals surface area (Å²) < 4.78 is 2.46. The van der Waals surface area contributed by atoms with E-state index in [1.54, 1.807) is 11.7 Å². The molecule has 0 aliphatic carbocycles. The highest BCUT2D eigenvalue weighted by atomic mass is 79.9. The van der Waals surface area contributed by atoms with E-state index in [2.05, 4.69) is 26.0 Å². The van der Waals surface area contributed by atoms with Crippen LogP contribution in [0.2, 0.25) is 0 Å². The maximum atomic E-state index is 11.8. The third-order valence-corrected chi connectivity index (χ3v) is 3.87. The molecule has 0 aliphatic heterocycles. The number of carbonyl (C=O) groups excluding carboxylic acids is 1. The molecule has 2 heterocycles. The van der Waals surface area contributed by atoms with Crippen molar-refractivity contribution < 1.29 is 4.79 Å². The predicted octanol–water partition coefficient (Wildman–Crippen LogP) is 2.06. The number of aryl methyl sites for hydroxylation is 1. The Kier molecular flexibility index (Phi) is 2.97. The maximum Gasteiger partial charge on any atom is 0.181 e. The molecule has 2 aromatic rings. The molecule has 0 fully saturated rings. The first kappa shape index (κ1) is 10.5. The molecule has 6 heteroatoms.